The Morgan fingerprint density at radius 1 is 0.933 bits per heavy atom. The molecule has 2 aromatic carbocycles. The van der Waals surface area contributed by atoms with Crippen molar-refractivity contribution in [2.24, 2.45) is 0 Å². The molecule has 0 fully saturated rings. The lowest BCUT2D eigenvalue weighted by Crippen LogP contribution is -1.80. The van der Waals surface area contributed by atoms with Crippen LogP contribution in [0, 0.1) is 0 Å². The van der Waals surface area contributed by atoms with Gasteiger partial charge in [0.2, 0.25) is 0 Å². The average molecular weight is 258 g/mol. The monoisotopic (exact) mass is 257 g/mol. The van der Waals surface area contributed by atoms with Gasteiger partial charge in [-0.25, -0.2) is 0 Å². The summed E-state index contributed by atoms with van der Waals surface area (Å²) in [6.07, 6.45) is 1.83. The average Bonchev–Trinajstić information content (AvgIpc) is 2.29. The molecular formula is C13H8BrN. The van der Waals surface area contributed by atoms with Crippen LogP contribution in [0.25, 0.3) is 21.7 Å². The Bertz CT molecular complexity index is 646. The van der Waals surface area contributed by atoms with Gasteiger partial charge in [0.05, 0.1) is 5.52 Å². The van der Waals surface area contributed by atoms with Gasteiger partial charge in [0.1, 0.15) is 0 Å². The molecule has 1 aromatic heterocycles. The first-order chi connectivity index (χ1) is 7.34. The second kappa shape index (κ2) is 3.31. The van der Waals surface area contributed by atoms with Crippen molar-refractivity contribution in [1.82, 2.24) is 4.98 Å². The number of rotatable bonds is 0. The van der Waals surface area contributed by atoms with Crippen LogP contribution in [0.2, 0.25) is 0 Å². The third kappa shape index (κ3) is 1.41. The van der Waals surface area contributed by atoms with Crippen LogP contribution in [0.1, 0.15) is 0 Å². The van der Waals surface area contributed by atoms with Gasteiger partial charge in [0, 0.05) is 16.1 Å². The molecule has 2 heteroatoms. The Hall–Kier alpha value is -1.41. The summed E-state index contributed by atoms with van der Waals surface area (Å²) >= 11 is 3.46. The van der Waals surface area contributed by atoms with E-state index >= 15 is 0 Å². The van der Waals surface area contributed by atoms with Crippen LogP contribution in [0.5, 0.6) is 0 Å². The van der Waals surface area contributed by atoms with Crippen molar-refractivity contribution in [3.8, 4) is 0 Å². The minimum absolute atomic E-state index is 1.02. The standard InChI is InChI=1S/C13H8BrN/c14-10-7-12-11-4-2-1-3-9(11)5-6-13(12)15-8-10/h1-8H. The molecule has 0 atom stereocenters. The molecule has 0 unspecified atom stereocenters. The first kappa shape index (κ1) is 8.86. The number of pyridine rings is 1. The molecule has 15 heavy (non-hydrogen) atoms. The molecule has 0 amide bonds. The molecule has 0 aliphatic carbocycles. The predicted octanol–water partition coefficient (Wildman–Crippen LogP) is 4.15. The number of halogens is 1. The lowest BCUT2D eigenvalue weighted by molar-refractivity contribution is 1.40. The fourth-order valence-corrected chi connectivity index (χ4v) is 2.19. The minimum Gasteiger partial charge on any atom is -0.255 e. The Morgan fingerprint density at radius 3 is 2.73 bits per heavy atom. The molecule has 0 N–H and O–H groups in total. The Kier molecular flexibility index (Phi) is 1.96. The van der Waals surface area contributed by atoms with E-state index in [9.17, 15) is 0 Å². The zero-order valence-corrected chi connectivity index (χ0v) is 9.53. The Balaban J connectivity index is 2.57. The molecule has 0 saturated carbocycles. The van der Waals surface area contributed by atoms with Crippen LogP contribution in [-0.2, 0) is 0 Å². The topological polar surface area (TPSA) is 12.9 Å². The summed E-state index contributed by atoms with van der Waals surface area (Å²) in [5.74, 6) is 0. The largest absolute Gasteiger partial charge is 0.255 e. The second-order valence-corrected chi connectivity index (χ2v) is 4.42. The first-order valence-corrected chi connectivity index (χ1v) is 5.57. The van der Waals surface area contributed by atoms with E-state index in [4.69, 9.17) is 0 Å². The molecule has 0 spiro atoms. The molecule has 3 rings (SSSR count). The Morgan fingerprint density at radius 2 is 1.80 bits per heavy atom. The van der Waals surface area contributed by atoms with E-state index in [1.165, 1.54) is 16.2 Å². The van der Waals surface area contributed by atoms with Gasteiger partial charge >= 0.3 is 0 Å². The maximum atomic E-state index is 4.38. The second-order valence-electron chi connectivity index (χ2n) is 3.51. The third-order valence-corrected chi connectivity index (χ3v) is 2.99. The van der Waals surface area contributed by atoms with E-state index < -0.39 is 0 Å². The van der Waals surface area contributed by atoms with Crippen LogP contribution >= 0.6 is 15.9 Å². The van der Waals surface area contributed by atoms with Crippen molar-refractivity contribution >= 4 is 37.6 Å². The highest BCUT2D eigenvalue weighted by Gasteiger charge is 2.00. The van der Waals surface area contributed by atoms with Crippen molar-refractivity contribution in [1.29, 1.82) is 0 Å². The summed E-state index contributed by atoms with van der Waals surface area (Å²) in [7, 11) is 0. The molecule has 0 aliphatic heterocycles. The number of hydrogen-bond donors (Lipinski definition) is 0. The SMILES string of the molecule is Brc1cnc2ccc3ccccc3c2c1. The molecular weight excluding hydrogens is 250 g/mol. The van der Waals surface area contributed by atoms with Crippen molar-refractivity contribution in [3.63, 3.8) is 0 Å². The van der Waals surface area contributed by atoms with Gasteiger partial charge in [-0.2, -0.15) is 0 Å². The normalized spacial score (nSPS) is 11.0. The molecule has 1 nitrogen and oxygen atoms in total. The number of benzene rings is 2. The summed E-state index contributed by atoms with van der Waals surface area (Å²) < 4.78 is 1.02. The lowest BCUT2D eigenvalue weighted by atomic mass is 10.1. The van der Waals surface area contributed by atoms with Gasteiger partial charge in [-0.15, -0.1) is 0 Å². The van der Waals surface area contributed by atoms with Crippen LogP contribution in [0.3, 0.4) is 0 Å². The molecule has 1 heterocycles. The maximum Gasteiger partial charge on any atom is 0.0709 e. The van der Waals surface area contributed by atoms with Gasteiger partial charge in [0.15, 0.2) is 0 Å². The third-order valence-electron chi connectivity index (χ3n) is 2.56. The predicted molar refractivity (Wildman–Crippen MR) is 66.9 cm³/mol. The van der Waals surface area contributed by atoms with E-state index in [-0.39, 0.29) is 0 Å². The Labute approximate surface area is 95.9 Å². The van der Waals surface area contributed by atoms with Gasteiger partial charge < -0.3 is 0 Å². The first-order valence-electron chi connectivity index (χ1n) is 4.77. The number of fused-ring (bicyclic) bond motifs is 3. The lowest BCUT2D eigenvalue weighted by Gasteiger charge is -2.02. The molecule has 0 aliphatic rings. The minimum atomic E-state index is 1.02. The quantitative estimate of drug-likeness (QED) is 0.552. The fraction of sp³-hybridized carbons (Fsp3) is 0. The van der Waals surface area contributed by atoms with Crippen LogP contribution in [0.4, 0.5) is 0 Å². The number of hydrogen-bond acceptors (Lipinski definition) is 1. The highest BCUT2D eigenvalue weighted by Crippen LogP contribution is 2.25. The molecule has 0 bridgehead atoms. The summed E-state index contributed by atoms with van der Waals surface area (Å²) in [4.78, 5) is 4.38. The summed E-state index contributed by atoms with van der Waals surface area (Å²) in [5, 5.41) is 3.70. The van der Waals surface area contributed by atoms with Gasteiger partial charge in [0.25, 0.3) is 0 Å². The number of aromatic nitrogens is 1. The van der Waals surface area contributed by atoms with Gasteiger partial charge in [-0.05, 0) is 38.8 Å². The maximum absolute atomic E-state index is 4.38. The van der Waals surface area contributed by atoms with E-state index in [1.54, 1.807) is 0 Å². The van der Waals surface area contributed by atoms with Crippen molar-refractivity contribution in [3.05, 3.63) is 53.1 Å². The molecule has 72 valence electrons. The highest BCUT2D eigenvalue weighted by molar-refractivity contribution is 9.10. The van der Waals surface area contributed by atoms with E-state index in [0.29, 0.717) is 0 Å². The zero-order chi connectivity index (χ0) is 10.3. The smallest absolute Gasteiger partial charge is 0.0709 e. The molecule has 0 radical (unpaired) electrons. The van der Waals surface area contributed by atoms with Gasteiger partial charge in [-0.1, -0.05) is 30.3 Å². The highest BCUT2D eigenvalue weighted by atomic mass is 79.9. The van der Waals surface area contributed by atoms with E-state index in [0.717, 1.165) is 9.99 Å². The summed E-state index contributed by atoms with van der Waals surface area (Å²) in [6, 6.07) is 14.6. The molecule has 0 saturated heterocycles. The fourth-order valence-electron chi connectivity index (χ4n) is 1.85. The van der Waals surface area contributed by atoms with Crippen molar-refractivity contribution in [2.75, 3.05) is 0 Å². The summed E-state index contributed by atoms with van der Waals surface area (Å²) in [5.41, 5.74) is 1.04. The van der Waals surface area contributed by atoms with Crippen LogP contribution in [0.15, 0.2) is 53.1 Å². The van der Waals surface area contributed by atoms with Gasteiger partial charge in [-0.3, -0.25) is 4.98 Å². The van der Waals surface area contributed by atoms with E-state index in [2.05, 4.69) is 63.4 Å². The number of nitrogens with zero attached hydrogens (tertiary/aromatic N) is 1. The van der Waals surface area contributed by atoms with Crippen molar-refractivity contribution < 1.29 is 0 Å². The molecule has 3 aromatic rings. The van der Waals surface area contributed by atoms with E-state index in [1.807, 2.05) is 6.20 Å². The van der Waals surface area contributed by atoms with Crippen molar-refractivity contribution in [2.45, 2.75) is 0 Å². The summed E-state index contributed by atoms with van der Waals surface area (Å²) in [6.45, 7) is 0. The zero-order valence-electron chi connectivity index (χ0n) is 7.94. The van der Waals surface area contributed by atoms with Crippen LogP contribution < -0.4 is 0 Å². The van der Waals surface area contributed by atoms with Crippen LogP contribution in [-0.4, -0.2) is 4.98 Å².